The van der Waals surface area contributed by atoms with E-state index in [1.165, 1.54) is 12.1 Å². The first-order valence-electron chi connectivity index (χ1n) is 14.0. The zero-order chi connectivity index (χ0) is 29.1. The van der Waals surface area contributed by atoms with Gasteiger partial charge >= 0.3 is 0 Å². The third-order valence-corrected chi connectivity index (χ3v) is 8.90. The summed E-state index contributed by atoms with van der Waals surface area (Å²) in [5.41, 5.74) is 2.49. The van der Waals surface area contributed by atoms with Crippen LogP contribution in [0.15, 0.2) is 89.8 Å². The van der Waals surface area contributed by atoms with Gasteiger partial charge in [0, 0.05) is 12.6 Å². The molecule has 3 rings (SSSR count). The Bertz CT molecular complexity index is 1330. The van der Waals surface area contributed by atoms with Gasteiger partial charge in [-0.3, -0.25) is 13.9 Å². The summed E-state index contributed by atoms with van der Waals surface area (Å²) in [5.74, 6) is -0.663. The molecule has 0 fully saturated rings. The first-order valence-corrected chi connectivity index (χ1v) is 15.5. The normalized spacial score (nSPS) is 12.8. The highest BCUT2D eigenvalue weighted by Gasteiger charge is 2.33. The Morgan fingerprint density at radius 1 is 0.800 bits per heavy atom. The predicted octanol–water partition coefficient (Wildman–Crippen LogP) is 5.21. The van der Waals surface area contributed by atoms with E-state index < -0.39 is 28.5 Å². The minimum Gasteiger partial charge on any atom is -0.352 e. The molecule has 3 aromatic rings. The Morgan fingerprint density at radius 3 is 1.95 bits per heavy atom. The number of sulfonamides is 1. The number of amides is 2. The molecule has 0 aromatic heterocycles. The fourth-order valence-corrected chi connectivity index (χ4v) is 5.92. The maximum Gasteiger partial charge on any atom is 0.264 e. The molecule has 0 spiro atoms. The molecule has 0 bridgehead atoms. The van der Waals surface area contributed by atoms with E-state index in [2.05, 4.69) is 5.32 Å². The molecular formula is C32H41N3O4S. The first kappa shape index (κ1) is 30.9. The number of carbonyl (C=O) groups is 2. The van der Waals surface area contributed by atoms with Crippen molar-refractivity contribution in [3.8, 4) is 0 Å². The lowest BCUT2D eigenvalue weighted by Crippen LogP contribution is -2.54. The second-order valence-electron chi connectivity index (χ2n) is 9.91. The van der Waals surface area contributed by atoms with Crippen LogP contribution in [0.2, 0.25) is 0 Å². The van der Waals surface area contributed by atoms with Crippen LogP contribution in [0.25, 0.3) is 0 Å². The van der Waals surface area contributed by atoms with Crippen LogP contribution in [0.5, 0.6) is 0 Å². The maximum absolute atomic E-state index is 14.0. The summed E-state index contributed by atoms with van der Waals surface area (Å²) < 4.78 is 28.9. The number of nitrogens with one attached hydrogen (secondary N) is 1. The van der Waals surface area contributed by atoms with Gasteiger partial charge in [0.15, 0.2) is 0 Å². The highest BCUT2D eigenvalue weighted by atomic mass is 32.2. The van der Waals surface area contributed by atoms with E-state index in [4.69, 9.17) is 0 Å². The number of aryl methyl sites for hydroxylation is 1. The third kappa shape index (κ3) is 7.94. The summed E-state index contributed by atoms with van der Waals surface area (Å²) in [5, 5.41) is 3.00. The zero-order valence-electron chi connectivity index (χ0n) is 23.9. The van der Waals surface area contributed by atoms with Crippen molar-refractivity contribution in [2.24, 2.45) is 0 Å². The molecule has 0 aliphatic rings. The molecule has 7 nitrogen and oxygen atoms in total. The van der Waals surface area contributed by atoms with E-state index in [0.29, 0.717) is 18.5 Å². The molecular weight excluding hydrogens is 522 g/mol. The molecule has 1 N–H and O–H groups in total. The van der Waals surface area contributed by atoms with E-state index in [-0.39, 0.29) is 23.4 Å². The van der Waals surface area contributed by atoms with E-state index >= 15 is 0 Å². The van der Waals surface area contributed by atoms with E-state index in [0.717, 1.165) is 28.3 Å². The molecule has 40 heavy (non-hydrogen) atoms. The monoisotopic (exact) mass is 563 g/mol. The second kappa shape index (κ2) is 14.7. The van der Waals surface area contributed by atoms with Crippen molar-refractivity contribution in [2.75, 3.05) is 17.4 Å². The van der Waals surface area contributed by atoms with Crippen LogP contribution in [-0.2, 0) is 32.5 Å². The molecule has 0 heterocycles. The highest BCUT2D eigenvalue weighted by molar-refractivity contribution is 7.92. The van der Waals surface area contributed by atoms with Gasteiger partial charge in [0.25, 0.3) is 10.0 Å². The number of nitrogens with zero attached hydrogens (tertiary/aromatic N) is 2. The number of hydrogen-bond acceptors (Lipinski definition) is 4. The lowest BCUT2D eigenvalue weighted by Gasteiger charge is -2.33. The summed E-state index contributed by atoms with van der Waals surface area (Å²) in [6, 6.07) is 24.3. The van der Waals surface area contributed by atoms with Gasteiger partial charge in [-0.15, -0.1) is 0 Å². The minimum atomic E-state index is -4.06. The van der Waals surface area contributed by atoms with Gasteiger partial charge in [-0.1, -0.05) is 81.4 Å². The molecule has 3 aromatic carbocycles. The molecule has 0 saturated carbocycles. The number of rotatable bonds is 14. The van der Waals surface area contributed by atoms with Gasteiger partial charge in [0.1, 0.15) is 12.6 Å². The van der Waals surface area contributed by atoms with E-state index in [1.54, 1.807) is 35.2 Å². The van der Waals surface area contributed by atoms with Crippen molar-refractivity contribution in [1.29, 1.82) is 0 Å². The first-order chi connectivity index (χ1) is 19.2. The summed E-state index contributed by atoms with van der Waals surface area (Å²) in [7, 11) is -4.06. The minimum absolute atomic E-state index is 0.0420. The van der Waals surface area contributed by atoms with Crippen molar-refractivity contribution >= 4 is 27.5 Å². The van der Waals surface area contributed by atoms with Crippen LogP contribution in [0.1, 0.15) is 51.7 Å². The molecule has 0 saturated heterocycles. The fraction of sp³-hybridized carbons (Fsp3) is 0.375. The summed E-state index contributed by atoms with van der Waals surface area (Å²) in [6.07, 6.45) is 2.51. The SMILES string of the molecule is CCc1ccc(N(CC(=O)N(CCc2ccccc2)C(CC)C(=O)NC(C)CC)S(=O)(=O)c2ccccc2)cc1. The Morgan fingerprint density at radius 2 is 1.40 bits per heavy atom. The van der Waals surface area contributed by atoms with E-state index in [9.17, 15) is 18.0 Å². The van der Waals surface area contributed by atoms with Crippen molar-refractivity contribution in [1.82, 2.24) is 10.2 Å². The average molecular weight is 564 g/mol. The van der Waals surface area contributed by atoms with Crippen LogP contribution >= 0.6 is 0 Å². The molecule has 214 valence electrons. The van der Waals surface area contributed by atoms with Gasteiger partial charge in [-0.25, -0.2) is 8.42 Å². The molecule has 2 unspecified atom stereocenters. The Hall–Kier alpha value is -3.65. The topological polar surface area (TPSA) is 86.8 Å². The van der Waals surface area contributed by atoms with Gasteiger partial charge in [-0.2, -0.15) is 0 Å². The lowest BCUT2D eigenvalue weighted by molar-refractivity contribution is -0.139. The Balaban J connectivity index is 1.99. The maximum atomic E-state index is 14.0. The van der Waals surface area contributed by atoms with Crippen molar-refractivity contribution in [3.63, 3.8) is 0 Å². The molecule has 2 atom stereocenters. The standard InChI is InChI=1S/C32H41N3O4S/c1-5-25(4)33-32(37)30(7-3)34(23-22-27-14-10-8-11-15-27)31(36)24-35(28-20-18-26(6-2)19-21-28)40(38,39)29-16-12-9-13-17-29/h8-21,25,30H,5-7,22-24H2,1-4H3,(H,33,37). The second-order valence-corrected chi connectivity index (χ2v) is 11.8. The summed E-state index contributed by atoms with van der Waals surface area (Å²) in [6.45, 7) is 7.66. The van der Waals surface area contributed by atoms with Crippen molar-refractivity contribution in [2.45, 2.75) is 70.4 Å². The summed E-state index contributed by atoms with van der Waals surface area (Å²) in [4.78, 5) is 29.0. The van der Waals surface area contributed by atoms with Gasteiger partial charge < -0.3 is 10.2 Å². The Kier molecular flexibility index (Phi) is 11.3. The number of hydrogen-bond donors (Lipinski definition) is 1. The van der Waals surface area contributed by atoms with Crippen LogP contribution in [0.3, 0.4) is 0 Å². The zero-order valence-corrected chi connectivity index (χ0v) is 24.7. The number of anilines is 1. The molecule has 8 heteroatoms. The van der Waals surface area contributed by atoms with Gasteiger partial charge in [-0.05, 0) is 68.0 Å². The largest absolute Gasteiger partial charge is 0.352 e. The lowest BCUT2D eigenvalue weighted by atomic mass is 10.1. The summed E-state index contributed by atoms with van der Waals surface area (Å²) >= 11 is 0. The van der Waals surface area contributed by atoms with Crippen molar-refractivity contribution in [3.05, 3.63) is 96.1 Å². The number of benzene rings is 3. The smallest absolute Gasteiger partial charge is 0.264 e. The quantitative estimate of drug-likeness (QED) is 0.292. The van der Waals surface area contributed by atoms with E-state index in [1.807, 2.05) is 70.2 Å². The van der Waals surface area contributed by atoms with Crippen molar-refractivity contribution < 1.29 is 18.0 Å². The molecule has 0 aliphatic carbocycles. The van der Waals surface area contributed by atoms with Gasteiger partial charge in [0.2, 0.25) is 11.8 Å². The van der Waals surface area contributed by atoms with Crippen LogP contribution < -0.4 is 9.62 Å². The van der Waals surface area contributed by atoms with Crippen LogP contribution in [0.4, 0.5) is 5.69 Å². The Labute approximate surface area is 239 Å². The van der Waals surface area contributed by atoms with Gasteiger partial charge in [0.05, 0.1) is 10.6 Å². The van der Waals surface area contributed by atoms with Crippen LogP contribution in [-0.4, -0.2) is 50.3 Å². The third-order valence-electron chi connectivity index (χ3n) is 7.11. The average Bonchev–Trinajstić information content (AvgIpc) is 2.98. The highest BCUT2D eigenvalue weighted by Crippen LogP contribution is 2.25. The molecule has 0 aliphatic heterocycles. The molecule has 0 radical (unpaired) electrons. The predicted molar refractivity (Wildman–Crippen MR) is 161 cm³/mol. The fourth-order valence-electron chi connectivity index (χ4n) is 4.48. The number of carbonyl (C=O) groups excluding carboxylic acids is 2. The molecule has 2 amide bonds. The van der Waals surface area contributed by atoms with Crippen LogP contribution in [0, 0.1) is 0 Å².